The van der Waals surface area contributed by atoms with Crippen LogP contribution in [-0.4, -0.2) is 35.6 Å². The zero-order chi connectivity index (χ0) is 15.9. The Kier molecular flexibility index (Phi) is 6.07. The van der Waals surface area contributed by atoms with Gasteiger partial charge in [0.25, 0.3) is 0 Å². The Morgan fingerprint density at radius 1 is 1.45 bits per heavy atom. The number of aryl methyl sites for hydroxylation is 1. The molecule has 0 saturated heterocycles. The van der Waals surface area contributed by atoms with Crippen molar-refractivity contribution in [1.82, 2.24) is 14.8 Å². The van der Waals surface area contributed by atoms with Crippen LogP contribution in [0.25, 0.3) is 0 Å². The fourth-order valence-electron chi connectivity index (χ4n) is 2.33. The quantitative estimate of drug-likeness (QED) is 0.655. The molecule has 1 N–H and O–H groups in total. The van der Waals surface area contributed by atoms with Gasteiger partial charge in [-0.15, -0.1) is 0 Å². The van der Waals surface area contributed by atoms with Crippen LogP contribution in [0.1, 0.15) is 31.0 Å². The molecular formula is C17H26N4S. The maximum atomic E-state index is 4.81. The molecule has 0 fully saturated rings. The standard InChI is InChI=1S/C17H26N4S/c1-5-18-17(19-11-14(2)15-8-10-22-13-15)21(4)12-16-7-6-9-20(16)3/h6-10,13-14H,5,11-12H2,1-4H3,(H,18,19). The molecule has 120 valence electrons. The van der Waals surface area contributed by atoms with E-state index < -0.39 is 0 Å². The zero-order valence-corrected chi connectivity index (χ0v) is 14.7. The van der Waals surface area contributed by atoms with E-state index in [9.17, 15) is 0 Å². The number of nitrogens with zero attached hydrogens (tertiary/aromatic N) is 3. The SMILES string of the molecule is CCNC(=NCC(C)c1ccsc1)N(C)Cc1cccn1C. The number of hydrogen-bond acceptors (Lipinski definition) is 2. The highest BCUT2D eigenvalue weighted by atomic mass is 32.1. The van der Waals surface area contributed by atoms with E-state index in [2.05, 4.69) is 77.9 Å². The van der Waals surface area contributed by atoms with Gasteiger partial charge in [0.15, 0.2) is 5.96 Å². The predicted octanol–water partition coefficient (Wildman–Crippen LogP) is 3.29. The molecule has 0 aromatic carbocycles. The first kappa shape index (κ1) is 16.6. The van der Waals surface area contributed by atoms with E-state index in [-0.39, 0.29) is 0 Å². The van der Waals surface area contributed by atoms with Crippen LogP contribution < -0.4 is 5.32 Å². The topological polar surface area (TPSA) is 32.6 Å². The fourth-order valence-corrected chi connectivity index (χ4v) is 3.11. The summed E-state index contributed by atoms with van der Waals surface area (Å²) < 4.78 is 2.15. The molecule has 0 aliphatic rings. The lowest BCUT2D eigenvalue weighted by Gasteiger charge is -2.23. The molecule has 0 aliphatic carbocycles. The Morgan fingerprint density at radius 3 is 2.86 bits per heavy atom. The summed E-state index contributed by atoms with van der Waals surface area (Å²) in [7, 11) is 4.16. The minimum absolute atomic E-state index is 0.448. The Morgan fingerprint density at radius 2 is 2.27 bits per heavy atom. The molecule has 2 aromatic rings. The molecule has 1 atom stereocenters. The third kappa shape index (κ3) is 4.37. The average molecular weight is 318 g/mol. The average Bonchev–Trinajstić information content (AvgIpc) is 3.15. The summed E-state index contributed by atoms with van der Waals surface area (Å²) in [5, 5.41) is 7.72. The first-order valence-electron chi connectivity index (χ1n) is 7.73. The zero-order valence-electron chi connectivity index (χ0n) is 13.9. The van der Waals surface area contributed by atoms with Crippen molar-refractivity contribution in [2.45, 2.75) is 26.3 Å². The summed E-state index contributed by atoms with van der Waals surface area (Å²) in [6.45, 7) is 6.86. The van der Waals surface area contributed by atoms with Crippen molar-refractivity contribution >= 4 is 17.3 Å². The largest absolute Gasteiger partial charge is 0.357 e. The monoisotopic (exact) mass is 318 g/mol. The molecule has 0 saturated carbocycles. The molecule has 0 bridgehead atoms. The van der Waals surface area contributed by atoms with Crippen LogP contribution in [0, 0.1) is 0 Å². The van der Waals surface area contributed by atoms with Crippen LogP contribution in [0.2, 0.25) is 0 Å². The number of aliphatic imine (C=N–C) groups is 1. The summed E-state index contributed by atoms with van der Waals surface area (Å²) in [6.07, 6.45) is 2.08. The number of thiophene rings is 1. The van der Waals surface area contributed by atoms with Crippen molar-refractivity contribution in [2.24, 2.45) is 12.0 Å². The lowest BCUT2D eigenvalue weighted by Crippen LogP contribution is -2.39. The number of nitrogens with one attached hydrogen (secondary N) is 1. The van der Waals surface area contributed by atoms with E-state index in [0.717, 1.165) is 25.6 Å². The lowest BCUT2D eigenvalue weighted by molar-refractivity contribution is 0.461. The number of hydrogen-bond donors (Lipinski definition) is 1. The number of guanidine groups is 1. The maximum Gasteiger partial charge on any atom is 0.194 e. The Labute approximate surface area is 137 Å². The summed E-state index contributed by atoms with van der Waals surface area (Å²) >= 11 is 1.75. The molecule has 4 nitrogen and oxygen atoms in total. The number of rotatable bonds is 6. The molecule has 1 unspecified atom stereocenters. The number of aromatic nitrogens is 1. The summed E-state index contributed by atoms with van der Waals surface area (Å²) in [5.74, 6) is 1.41. The molecule has 0 amide bonds. The minimum Gasteiger partial charge on any atom is -0.357 e. The van der Waals surface area contributed by atoms with Gasteiger partial charge < -0.3 is 14.8 Å². The van der Waals surface area contributed by atoms with Gasteiger partial charge in [0.2, 0.25) is 0 Å². The molecule has 0 spiro atoms. The van der Waals surface area contributed by atoms with Gasteiger partial charge in [0, 0.05) is 45.0 Å². The van der Waals surface area contributed by atoms with E-state index in [1.54, 1.807) is 11.3 Å². The first-order valence-corrected chi connectivity index (χ1v) is 8.67. The second-order valence-corrected chi connectivity index (χ2v) is 6.40. The first-order chi connectivity index (χ1) is 10.6. The van der Waals surface area contributed by atoms with Crippen molar-refractivity contribution in [2.75, 3.05) is 20.1 Å². The Hall–Kier alpha value is -1.75. The van der Waals surface area contributed by atoms with Crippen LogP contribution in [0.5, 0.6) is 0 Å². The summed E-state index contributed by atoms with van der Waals surface area (Å²) in [6, 6.07) is 6.41. The highest BCUT2D eigenvalue weighted by molar-refractivity contribution is 7.07. The molecule has 2 aromatic heterocycles. The second-order valence-electron chi connectivity index (χ2n) is 5.62. The van der Waals surface area contributed by atoms with E-state index in [4.69, 9.17) is 4.99 Å². The van der Waals surface area contributed by atoms with Gasteiger partial charge in [0.05, 0.1) is 6.54 Å². The minimum atomic E-state index is 0.448. The van der Waals surface area contributed by atoms with Crippen LogP contribution in [0.3, 0.4) is 0 Å². The fraction of sp³-hybridized carbons (Fsp3) is 0.471. The van der Waals surface area contributed by atoms with Crippen molar-refractivity contribution in [3.63, 3.8) is 0 Å². The third-order valence-corrected chi connectivity index (χ3v) is 4.48. The summed E-state index contributed by atoms with van der Waals surface area (Å²) in [4.78, 5) is 6.99. The smallest absolute Gasteiger partial charge is 0.194 e. The highest BCUT2D eigenvalue weighted by Gasteiger charge is 2.10. The van der Waals surface area contributed by atoms with Gasteiger partial charge in [-0.25, -0.2) is 0 Å². The Balaban J connectivity index is 2.01. The third-order valence-electron chi connectivity index (χ3n) is 3.77. The van der Waals surface area contributed by atoms with Gasteiger partial charge in [0.1, 0.15) is 0 Å². The van der Waals surface area contributed by atoms with Crippen molar-refractivity contribution in [3.05, 3.63) is 46.4 Å². The van der Waals surface area contributed by atoms with Crippen molar-refractivity contribution in [1.29, 1.82) is 0 Å². The van der Waals surface area contributed by atoms with E-state index in [1.807, 2.05) is 0 Å². The lowest BCUT2D eigenvalue weighted by atomic mass is 10.1. The molecule has 22 heavy (non-hydrogen) atoms. The van der Waals surface area contributed by atoms with Crippen LogP contribution in [0.15, 0.2) is 40.1 Å². The maximum absolute atomic E-state index is 4.81. The van der Waals surface area contributed by atoms with Crippen molar-refractivity contribution in [3.8, 4) is 0 Å². The summed E-state index contributed by atoms with van der Waals surface area (Å²) in [5.41, 5.74) is 2.65. The second kappa shape index (κ2) is 8.03. The van der Waals surface area contributed by atoms with E-state index in [0.29, 0.717) is 5.92 Å². The van der Waals surface area contributed by atoms with Crippen LogP contribution in [0.4, 0.5) is 0 Å². The normalized spacial score (nSPS) is 13.2. The van der Waals surface area contributed by atoms with E-state index in [1.165, 1.54) is 11.3 Å². The predicted molar refractivity (Wildman–Crippen MR) is 95.6 cm³/mol. The van der Waals surface area contributed by atoms with Gasteiger partial charge in [-0.05, 0) is 41.4 Å². The van der Waals surface area contributed by atoms with Crippen LogP contribution >= 0.6 is 11.3 Å². The molecule has 0 aliphatic heterocycles. The van der Waals surface area contributed by atoms with Gasteiger partial charge in [-0.3, -0.25) is 4.99 Å². The van der Waals surface area contributed by atoms with Crippen molar-refractivity contribution < 1.29 is 0 Å². The van der Waals surface area contributed by atoms with Gasteiger partial charge >= 0.3 is 0 Å². The van der Waals surface area contributed by atoms with Crippen LogP contribution in [-0.2, 0) is 13.6 Å². The Bertz CT molecular complexity index is 586. The molecule has 2 heterocycles. The molecule has 5 heteroatoms. The molecule has 2 rings (SSSR count). The van der Waals surface area contributed by atoms with Gasteiger partial charge in [-0.1, -0.05) is 6.92 Å². The van der Waals surface area contributed by atoms with Gasteiger partial charge in [-0.2, -0.15) is 11.3 Å². The van der Waals surface area contributed by atoms with E-state index >= 15 is 0 Å². The molecular weight excluding hydrogens is 292 g/mol. The highest BCUT2D eigenvalue weighted by Crippen LogP contribution is 2.18. The molecule has 0 radical (unpaired) electrons.